The highest BCUT2D eigenvalue weighted by Crippen LogP contribution is 2.40. The van der Waals surface area contributed by atoms with Crippen LogP contribution in [0, 0.1) is 5.92 Å². The van der Waals surface area contributed by atoms with E-state index < -0.39 is 9.84 Å². The smallest absolute Gasteiger partial charge is 0.178 e. The molecule has 0 aromatic carbocycles. The van der Waals surface area contributed by atoms with Gasteiger partial charge in [-0.25, -0.2) is 8.42 Å². The van der Waals surface area contributed by atoms with Crippen LogP contribution in [0.25, 0.3) is 0 Å². The highest BCUT2D eigenvalue weighted by molar-refractivity contribution is 7.91. The van der Waals surface area contributed by atoms with Gasteiger partial charge < -0.3 is 10.6 Å². The number of thiophene rings is 1. The van der Waals surface area contributed by atoms with E-state index in [0.717, 1.165) is 17.8 Å². The lowest BCUT2D eigenvalue weighted by molar-refractivity contribution is 0.0972. The van der Waals surface area contributed by atoms with E-state index in [2.05, 4.69) is 0 Å². The first-order valence-corrected chi connectivity index (χ1v) is 8.99. The molecule has 0 amide bonds. The van der Waals surface area contributed by atoms with Gasteiger partial charge in [0.05, 0.1) is 27.1 Å². The van der Waals surface area contributed by atoms with Crippen LogP contribution in [0.5, 0.6) is 0 Å². The molecule has 2 heterocycles. The second-order valence-electron chi connectivity index (χ2n) is 5.15. The standard InChI is InChI=1S/C12H16N2O3S2/c13-9-7-10(14-3-5-19(16,17)6-4-14)18-12(9)11(15)8-1-2-8/h7-8H,1-6,13H2. The van der Waals surface area contributed by atoms with Crippen molar-refractivity contribution >= 4 is 37.6 Å². The molecule has 2 N–H and O–H groups in total. The molecule has 1 saturated carbocycles. The molecule has 5 nitrogen and oxygen atoms in total. The fourth-order valence-corrected chi connectivity index (χ4v) is 4.56. The number of hydrogen-bond donors (Lipinski definition) is 1. The van der Waals surface area contributed by atoms with Crippen LogP contribution in [-0.4, -0.2) is 38.8 Å². The van der Waals surface area contributed by atoms with Crippen molar-refractivity contribution < 1.29 is 13.2 Å². The summed E-state index contributed by atoms with van der Waals surface area (Å²) in [5.41, 5.74) is 6.45. The van der Waals surface area contributed by atoms with Crippen molar-refractivity contribution in [3.8, 4) is 0 Å². The van der Waals surface area contributed by atoms with Crippen molar-refractivity contribution in [2.45, 2.75) is 12.8 Å². The molecule has 1 aromatic rings. The Kier molecular flexibility index (Phi) is 3.05. The second-order valence-corrected chi connectivity index (χ2v) is 8.48. The molecule has 3 rings (SSSR count). The predicted molar refractivity (Wildman–Crippen MR) is 76.7 cm³/mol. The van der Waals surface area contributed by atoms with Gasteiger partial charge in [0.1, 0.15) is 0 Å². The lowest BCUT2D eigenvalue weighted by Crippen LogP contribution is -2.39. The maximum absolute atomic E-state index is 12.0. The maximum atomic E-state index is 12.0. The monoisotopic (exact) mass is 300 g/mol. The van der Waals surface area contributed by atoms with Crippen LogP contribution < -0.4 is 10.6 Å². The minimum Gasteiger partial charge on any atom is -0.397 e. The van der Waals surface area contributed by atoms with Crippen LogP contribution in [0.4, 0.5) is 10.7 Å². The number of nitrogens with zero attached hydrogens (tertiary/aromatic N) is 1. The number of hydrogen-bond acceptors (Lipinski definition) is 6. The van der Waals surface area contributed by atoms with Crippen molar-refractivity contribution in [2.75, 3.05) is 35.2 Å². The van der Waals surface area contributed by atoms with Crippen molar-refractivity contribution in [2.24, 2.45) is 5.92 Å². The molecule has 1 saturated heterocycles. The Labute approximate surface area is 116 Å². The normalized spacial score (nSPS) is 22.4. The number of nitrogen functional groups attached to an aromatic ring is 1. The third kappa shape index (κ3) is 2.62. The molecular formula is C12H16N2O3S2. The van der Waals surface area contributed by atoms with Crippen molar-refractivity contribution in [3.05, 3.63) is 10.9 Å². The van der Waals surface area contributed by atoms with Crippen molar-refractivity contribution in [1.29, 1.82) is 0 Å². The number of carbonyl (C=O) groups is 1. The van der Waals surface area contributed by atoms with Crippen LogP contribution in [0.3, 0.4) is 0 Å². The van der Waals surface area contributed by atoms with Crippen molar-refractivity contribution in [1.82, 2.24) is 0 Å². The Morgan fingerprint density at radius 2 is 1.95 bits per heavy atom. The summed E-state index contributed by atoms with van der Waals surface area (Å²) in [7, 11) is -2.88. The van der Waals surface area contributed by atoms with Gasteiger partial charge in [0.2, 0.25) is 0 Å². The molecule has 0 radical (unpaired) electrons. The van der Waals surface area contributed by atoms with Gasteiger partial charge in [0, 0.05) is 19.0 Å². The van der Waals surface area contributed by atoms with Crippen molar-refractivity contribution in [3.63, 3.8) is 0 Å². The van der Waals surface area contributed by atoms with E-state index in [1.165, 1.54) is 11.3 Å². The van der Waals surface area contributed by atoms with Gasteiger partial charge in [-0.1, -0.05) is 0 Å². The number of nitrogens with two attached hydrogens (primary N) is 1. The molecule has 1 aliphatic heterocycles. The van der Waals surface area contributed by atoms with Crippen LogP contribution in [-0.2, 0) is 9.84 Å². The largest absolute Gasteiger partial charge is 0.397 e. The highest BCUT2D eigenvalue weighted by Gasteiger charge is 2.33. The van der Waals surface area contributed by atoms with Gasteiger partial charge in [-0.3, -0.25) is 4.79 Å². The SMILES string of the molecule is Nc1cc(N2CCS(=O)(=O)CC2)sc1C(=O)C1CC1. The summed E-state index contributed by atoms with van der Waals surface area (Å²) in [6.45, 7) is 0.971. The zero-order chi connectivity index (χ0) is 13.6. The summed E-state index contributed by atoms with van der Waals surface area (Å²) in [6.07, 6.45) is 1.93. The number of rotatable bonds is 3. The number of sulfone groups is 1. The lowest BCUT2D eigenvalue weighted by atomic mass is 10.2. The number of carbonyl (C=O) groups excluding carboxylic acids is 1. The van der Waals surface area contributed by atoms with E-state index in [1.54, 1.807) is 6.07 Å². The van der Waals surface area contributed by atoms with E-state index in [1.807, 2.05) is 4.90 Å². The molecule has 2 aliphatic rings. The van der Waals surface area contributed by atoms with E-state index in [4.69, 9.17) is 5.73 Å². The van der Waals surface area contributed by atoms with Gasteiger partial charge in [-0.15, -0.1) is 11.3 Å². The van der Waals surface area contributed by atoms with Crippen LogP contribution in [0.15, 0.2) is 6.07 Å². The Bertz CT molecular complexity index is 603. The molecule has 104 valence electrons. The topological polar surface area (TPSA) is 80.5 Å². The molecule has 1 aromatic heterocycles. The Balaban J connectivity index is 1.79. The zero-order valence-electron chi connectivity index (χ0n) is 10.5. The number of Topliss-reactive ketones (excluding diaryl/α,β-unsaturated/α-hetero) is 1. The summed E-state index contributed by atoms with van der Waals surface area (Å²) in [5.74, 6) is 0.668. The first-order valence-electron chi connectivity index (χ1n) is 6.35. The molecule has 2 fully saturated rings. The number of anilines is 2. The quantitative estimate of drug-likeness (QED) is 0.847. The minimum absolute atomic E-state index is 0.151. The van der Waals surface area contributed by atoms with Gasteiger partial charge >= 0.3 is 0 Å². The molecule has 7 heteroatoms. The first-order chi connectivity index (χ1) is 8.96. The average Bonchev–Trinajstić information content (AvgIpc) is 3.12. The molecular weight excluding hydrogens is 284 g/mol. The third-order valence-corrected chi connectivity index (χ3v) is 6.41. The summed E-state index contributed by atoms with van der Waals surface area (Å²) < 4.78 is 22.8. The Hall–Kier alpha value is -1.08. The summed E-state index contributed by atoms with van der Waals surface area (Å²) in [6, 6.07) is 1.80. The maximum Gasteiger partial charge on any atom is 0.178 e. The molecule has 0 atom stereocenters. The summed E-state index contributed by atoms with van der Waals surface area (Å²) in [4.78, 5) is 14.7. The molecule has 1 aliphatic carbocycles. The van der Waals surface area contributed by atoms with Gasteiger partial charge in [0.25, 0.3) is 0 Å². The second kappa shape index (κ2) is 4.49. The van der Waals surface area contributed by atoms with E-state index in [0.29, 0.717) is 23.7 Å². The highest BCUT2D eigenvalue weighted by atomic mass is 32.2. The minimum atomic E-state index is -2.88. The van der Waals surface area contributed by atoms with E-state index >= 15 is 0 Å². The molecule has 0 bridgehead atoms. The van der Waals surface area contributed by atoms with Gasteiger partial charge in [-0.2, -0.15) is 0 Å². The van der Waals surface area contributed by atoms with E-state index in [-0.39, 0.29) is 23.2 Å². The summed E-state index contributed by atoms with van der Waals surface area (Å²) >= 11 is 1.40. The molecule has 0 spiro atoms. The Morgan fingerprint density at radius 1 is 1.32 bits per heavy atom. The van der Waals surface area contributed by atoms with Crippen LogP contribution >= 0.6 is 11.3 Å². The third-order valence-electron chi connectivity index (χ3n) is 3.58. The fraction of sp³-hybridized carbons (Fsp3) is 0.583. The fourth-order valence-electron chi connectivity index (χ4n) is 2.20. The summed E-state index contributed by atoms with van der Waals surface area (Å²) in [5, 5.41) is 0.913. The zero-order valence-corrected chi connectivity index (χ0v) is 12.1. The van der Waals surface area contributed by atoms with Gasteiger partial charge in [-0.05, 0) is 18.9 Å². The van der Waals surface area contributed by atoms with Gasteiger partial charge in [0.15, 0.2) is 15.6 Å². The predicted octanol–water partition coefficient (Wildman–Crippen LogP) is 1.16. The number of ketones is 1. The molecule has 19 heavy (non-hydrogen) atoms. The van der Waals surface area contributed by atoms with Crippen LogP contribution in [0.2, 0.25) is 0 Å². The Morgan fingerprint density at radius 3 is 2.53 bits per heavy atom. The lowest BCUT2D eigenvalue weighted by Gasteiger charge is -2.27. The average molecular weight is 300 g/mol. The first kappa shape index (κ1) is 12.9. The molecule has 0 unspecified atom stereocenters. The van der Waals surface area contributed by atoms with Crippen LogP contribution in [0.1, 0.15) is 22.5 Å². The van der Waals surface area contributed by atoms with E-state index in [9.17, 15) is 13.2 Å².